The zero-order valence-corrected chi connectivity index (χ0v) is 13.7. The molecule has 0 spiro atoms. The number of hydrogen-bond donors (Lipinski definition) is 1. The fourth-order valence-corrected chi connectivity index (χ4v) is 2.63. The number of benzene rings is 1. The van der Waals surface area contributed by atoms with E-state index in [1.807, 2.05) is 30.3 Å². The first-order valence-corrected chi connectivity index (χ1v) is 7.81. The lowest BCUT2D eigenvalue weighted by molar-refractivity contribution is 0.867. The van der Waals surface area contributed by atoms with Gasteiger partial charge >= 0.3 is 0 Å². The lowest BCUT2D eigenvalue weighted by Crippen LogP contribution is -2.00. The van der Waals surface area contributed by atoms with Gasteiger partial charge in [0, 0.05) is 23.5 Å². The van der Waals surface area contributed by atoms with Crippen LogP contribution in [0.4, 0.5) is 5.82 Å². The molecule has 0 aliphatic heterocycles. The number of anilines is 1. The summed E-state index contributed by atoms with van der Waals surface area (Å²) in [5.74, 6) is 0.708. The van der Waals surface area contributed by atoms with Gasteiger partial charge in [-0.15, -0.1) is 0 Å². The first-order chi connectivity index (χ1) is 11.6. The van der Waals surface area contributed by atoms with Crippen LogP contribution in [0.5, 0.6) is 0 Å². The predicted octanol–water partition coefficient (Wildman–Crippen LogP) is 4.39. The first-order valence-electron chi connectivity index (χ1n) is 7.81. The van der Waals surface area contributed by atoms with E-state index in [1.165, 1.54) is 5.56 Å². The van der Waals surface area contributed by atoms with Gasteiger partial charge in [0.2, 0.25) is 0 Å². The smallest absolute Gasteiger partial charge is 0.142 e. The van der Waals surface area contributed by atoms with Gasteiger partial charge in [0.05, 0.1) is 5.69 Å². The molecule has 118 valence electrons. The van der Waals surface area contributed by atoms with E-state index in [0.29, 0.717) is 11.5 Å². The Balaban J connectivity index is 2.15. The highest BCUT2D eigenvalue weighted by Gasteiger charge is 2.13. The van der Waals surface area contributed by atoms with Crippen molar-refractivity contribution in [2.45, 2.75) is 19.8 Å². The highest BCUT2D eigenvalue weighted by atomic mass is 14.8. The highest BCUT2D eigenvalue weighted by molar-refractivity contribution is 5.80. The number of hydrogen-bond acceptors (Lipinski definition) is 4. The number of aromatic nitrogens is 2. The molecule has 0 saturated carbocycles. The van der Waals surface area contributed by atoms with Gasteiger partial charge in [0.15, 0.2) is 0 Å². The van der Waals surface area contributed by atoms with Crippen LogP contribution in [0.25, 0.3) is 22.4 Å². The molecule has 4 heteroatoms. The number of nitrogens with two attached hydrogens (primary N) is 1. The van der Waals surface area contributed by atoms with Crippen LogP contribution in [0.1, 0.15) is 30.9 Å². The molecule has 0 radical (unpaired) electrons. The van der Waals surface area contributed by atoms with E-state index < -0.39 is 0 Å². The normalized spacial score (nSPS) is 10.6. The van der Waals surface area contributed by atoms with Crippen LogP contribution >= 0.6 is 0 Å². The summed E-state index contributed by atoms with van der Waals surface area (Å²) < 4.78 is 0. The molecule has 4 nitrogen and oxygen atoms in total. The van der Waals surface area contributed by atoms with Crippen LogP contribution in [-0.2, 0) is 0 Å². The molecule has 0 saturated heterocycles. The SMILES string of the molecule is CC(C)c1ccc(-c2cc(-c3ccncc3)nc(N)c2C#N)cc1. The summed E-state index contributed by atoms with van der Waals surface area (Å²) >= 11 is 0. The zero-order valence-electron chi connectivity index (χ0n) is 13.7. The Labute approximate surface area is 141 Å². The molecular weight excluding hydrogens is 296 g/mol. The third-order valence-corrected chi connectivity index (χ3v) is 4.02. The lowest BCUT2D eigenvalue weighted by Gasteiger charge is -2.11. The molecular formula is C20H18N4. The topological polar surface area (TPSA) is 75.6 Å². The molecule has 0 aliphatic carbocycles. The van der Waals surface area contributed by atoms with E-state index in [2.05, 4.69) is 42.0 Å². The Kier molecular flexibility index (Phi) is 4.26. The molecule has 3 rings (SSSR count). The van der Waals surface area contributed by atoms with Gasteiger partial charge in [-0.3, -0.25) is 4.98 Å². The van der Waals surface area contributed by atoms with E-state index >= 15 is 0 Å². The van der Waals surface area contributed by atoms with Crippen molar-refractivity contribution in [1.29, 1.82) is 5.26 Å². The number of nitrogens with zero attached hydrogens (tertiary/aromatic N) is 3. The van der Waals surface area contributed by atoms with E-state index in [-0.39, 0.29) is 5.82 Å². The number of nitriles is 1. The molecule has 0 fully saturated rings. The van der Waals surface area contributed by atoms with Gasteiger partial charge in [-0.25, -0.2) is 4.98 Å². The fraction of sp³-hybridized carbons (Fsp3) is 0.150. The van der Waals surface area contributed by atoms with Crippen molar-refractivity contribution < 1.29 is 0 Å². The van der Waals surface area contributed by atoms with Gasteiger partial charge in [-0.05, 0) is 35.2 Å². The summed E-state index contributed by atoms with van der Waals surface area (Å²) in [7, 11) is 0. The fourth-order valence-electron chi connectivity index (χ4n) is 2.63. The summed E-state index contributed by atoms with van der Waals surface area (Å²) in [6.45, 7) is 4.31. The molecule has 24 heavy (non-hydrogen) atoms. The van der Waals surface area contributed by atoms with Gasteiger partial charge in [-0.1, -0.05) is 38.1 Å². The molecule has 0 unspecified atom stereocenters. The van der Waals surface area contributed by atoms with E-state index in [0.717, 1.165) is 22.4 Å². The van der Waals surface area contributed by atoms with Crippen LogP contribution < -0.4 is 5.73 Å². The van der Waals surface area contributed by atoms with Crippen molar-refractivity contribution in [2.24, 2.45) is 0 Å². The van der Waals surface area contributed by atoms with Crippen molar-refractivity contribution in [3.8, 4) is 28.5 Å². The van der Waals surface area contributed by atoms with Crippen LogP contribution in [-0.4, -0.2) is 9.97 Å². The number of rotatable bonds is 3. The average Bonchev–Trinajstić information content (AvgIpc) is 2.62. The van der Waals surface area contributed by atoms with Crippen molar-refractivity contribution in [3.63, 3.8) is 0 Å². The van der Waals surface area contributed by atoms with Crippen molar-refractivity contribution in [3.05, 3.63) is 66.0 Å². The van der Waals surface area contributed by atoms with Crippen LogP contribution in [0.2, 0.25) is 0 Å². The Morgan fingerprint density at radius 1 is 1.00 bits per heavy atom. The maximum Gasteiger partial charge on any atom is 0.142 e. The summed E-state index contributed by atoms with van der Waals surface area (Å²) in [5.41, 5.74) is 11.1. The summed E-state index contributed by atoms with van der Waals surface area (Å²) in [5, 5.41) is 9.48. The summed E-state index contributed by atoms with van der Waals surface area (Å²) in [6.07, 6.45) is 3.42. The van der Waals surface area contributed by atoms with Crippen molar-refractivity contribution in [2.75, 3.05) is 5.73 Å². The standard InChI is InChI=1S/C20H18N4/c1-13(2)14-3-5-15(6-4-14)17-11-19(16-7-9-23-10-8-16)24-20(22)18(17)12-21/h3-11,13H,1-2H3,(H2,22,24). The summed E-state index contributed by atoms with van der Waals surface area (Å²) in [4.78, 5) is 8.40. The highest BCUT2D eigenvalue weighted by Crippen LogP contribution is 2.31. The maximum atomic E-state index is 9.48. The number of pyridine rings is 2. The summed E-state index contributed by atoms with van der Waals surface area (Å²) in [6, 6.07) is 16.1. The molecule has 0 amide bonds. The number of nitrogen functional groups attached to an aromatic ring is 1. The Hall–Kier alpha value is -3.19. The second-order valence-corrected chi connectivity index (χ2v) is 5.94. The first kappa shape index (κ1) is 15.7. The van der Waals surface area contributed by atoms with Gasteiger partial charge in [0.1, 0.15) is 17.5 Å². The van der Waals surface area contributed by atoms with Crippen molar-refractivity contribution in [1.82, 2.24) is 9.97 Å². The Morgan fingerprint density at radius 3 is 2.25 bits per heavy atom. The monoisotopic (exact) mass is 314 g/mol. The minimum Gasteiger partial charge on any atom is -0.383 e. The third kappa shape index (κ3) is 2.97. The Morgan fingerprint density at radius 2 is 1.67 bits per heavy atom. The molecule has 2 aromatic heterocycles. The third-order valence-electron chi connectivity index (χ3n) is 4.02. The van der Waals surface area contributed by atoms with Crippen LogP contribution in [0, 0.1) is 11.3 Å². The second-order valence-electron chi connectivity index (χ2n) is 5.94. The van der Waals surface area contributed by atoms with Gasteiger partial charge in [0.25, 0.3) is 0 Å². The Bertz CT molecular complexity index is 891. The lowest BCUT2D eigenvalue weighted by atomic mass is 9.95. The van der Waals surface area contributed by atoms with Crippen LogP contribution in [0.3, 0.4) is 0 Å². The predicted molar refractivity (Wildman–Crippen MR) is 96.1 cm³/mol. The molecule has 2 heterocycles. The molecule has 3 aromatic rings. The molecule has 0 atom stereocenters. The molecule has 2 N–H and O–H groups in total. The van der Waals surface area contributed by atoms with E-state index in [1.54, 1.807) is 12.4 Å². The average molecular weight is 314 g/mol. The minimum absolute atomic E-state index is 0.245. The minimum atomic E-state index is 0.245. The molecule has 1 aromatic carbocycles. The van der Waals surface area contributed by atoms with Crippen LogP contribution in [0.15, 0.2) is 54.9 Å². The zero-order chi connectivity index (χ0) is 17.1. The maximum absolute atomic E-state index is 9.48. The quantitative estimate of drug-likeness (QED) is 0.778. The molecule has 0 bridgehead atoms. The van der Waals surface area contributed by atoms with E-state index in [9.17, 15) is 5.26 Å². The second kappa shape index (κ2) is 6.51. The van der Waals surface area contributed by atoms with E-state index in [4.69, 9.17) is 5.73 Å². The van der Waals surface area contributed by atoms with Gasteiger partial charge < -0.3 is 5.73 Å². The van der Waals surface area contributed by atoms with Crippen molar-refractivity contribution >= 4 is 5.82 Å². The molecule has 0 aliphatic rings. The largest absolute Gasteiger partial charge is 0.383 e. The van der Waals surface area contributed by atoms with Gasteiger partial charge in [-0.2, -0.15) is 5.26 Å².